The van der Waals surface area contributed by atoms with Crippen LogP contribution in [0.4, 0.5) is 0 Å². The fraction of sp³-hybridized carbons (Fsp3) is 0.300. The van der Waals surface area contributed by atoms with Crippen LogP contribution in [0.1, 0.15) is 5.56 Å². The molecule has 3 aromatic rings. The number of pyridine rings is 1. The van der Waals surface area contributed by atoms with Gasteiger partial charge >= 0.3 is 0 Å². The Kier molecular flexibility index (Phi) is 5.85. The maximum Gasteiger partial charge on any atom is 0.147 e. The Morgan fingerprint density at radius 2 is 1.93 bits per heavy atom. The van der Waals surface area contributed by atoms with E-state index in [0.717, 1.165) is 23.7 Å². The van der Waals surface area contributed by atoms with E-state index in [1.807, 2.05) is 16.8 Å². The molecule has 7 heteroatoms. The summed E-state index contributed by atoms with van der Waals surface area (Å²) in [7, 11) is -1.11. The lowest BCUT2D eigenvalue weighted by molar-refractivity contribution is 0.0899. The number of halogens is 1. The highest BCUT2D eigenvalue weighted by Gasteiger charge is 2.14. The molecule has 0 spiro atoms. The van der Waals surface area contributed by atoms with Crippen LogP contribution >= 0.6 is 11.6 Å². The van der Waals surface area contributed by atoms with Crippen molar-refractivity contribution in [1.29, 1.82) is 5.26 Å². The summed E-state index contributed by atoms with van der Waals surface area (Å²) in [6, 6.07) is 13.8. The van der Waals surface area contributed by atoms with Crippen molar-refractivity contribution >= 4 is 30.7 Å². The van der Waals surface area contributed by atoms with Crippen molar-refractivity contribution in [1.82, 2.24) is 9.55 Å². The van der Waals surface area contributed by atoms with Gasteiger partial charge in [0.15, 0.2) is 0 Å². The van der Waals surface area contributed by atoms with Gasteiger partial charge in [-0.1, -0.05) is 31.2 Å². The molecule has 0 saturated heterocycles. The quantitative estimate of drug-likeness (QED) is 0.292. The smallest absolute Gasteiger partial charge is 0.147 e. The van der Waals surface area contributed by atoms with Crippen molar-refractivity contribution in [3.8, 4) is 17.6 Å². The number of hydrogen-bond donors (Lipinski definition) is 0. The summed E-state index contributed by atoms with van der Waals surface area (Å²) in [5, 5.41) is 10.1. The van der Waals surface area contributed by atoms with Gasteiger partial charge in [0.1, 0.15) is 29.0 Å². The number of rotatable bonds is 7. The van der Waals surface area contributed by atoms with Crippen molar-refractivity contribution in [2.24, 2.45) is 0 Å². The lowest BCUT2D eigenvalue weighted by Gasteiger charge is -2.15. The van der Waals surface area contributed by atoms with E-state index < -0.39 is 8.07 Å². The Morgan fingerprint density at radius 3 is 2.59 bits per heavy atom. The zero-order chi connectivity index (χ0) is 19.4. The van der Waals surface area contributed by atoms with Gasteiger partial charge in [-0.15, -0.1) is 0 Å². The Balaban J connectivity index is 1.79. The van der Waals surface area contributed by atoms with E-state index in [1.54, 1.807) is 30.3 Å². The van der Waals surface area contributed by atoms with Gasteiger partial charge in [0, 0.05) is 26.9 Å². The molecular formula is C20H22ClN3O2Si. The first-order valence-electron chi connectivity index (χ1n) is 8.77. The van der Waals surface area contributed by atoms with Crippen LogP contribution in [0.25, 0.3) is 11.0 Å². The molecule has 2 heterocycles. The van der Waals surface area contributed by atoms with Crippen molar-refractivity contribution in [2.75, 3.05) is 6.61 Å². The molecule has 2 aromatic heterocycles. The molecule has 3 rings (SSSR count). The van der Waals surface area contributed by atoms with Crippen LogP contribution in [0.5, 0.6) is 11.5 Å². The molecule has 0 radical (unpaired) electrons. The predicted octanol–water partition coefficient (Wildman–Crippen LogP) is 5.67. The zero-order valence-electron chi connectivity index (χ0n) is 15.7. The SMILES string of the molecule is C[Si](C)(C)CCOCn1ccc2c(Oc3ccc(C#N)cc3)cc(Cl)nc21. The number of ether oxygens (including phenoxy) is 2. The van der Waals surface area contributed by atoms with Gasteiger partial charge in [-0.3, -0.25) is 0 Å². The Hall–Kier alpha value is -2.33. The molecule has 27 heavy (non-hydrogen) atoms. The molecule has 0 aliphatic carbocycles. The van der Waals surface area contributed by atoms with Gasteiger partial charge in [0.05, 0.1) is 17.0 Å². The van der Waals surface area contributed by atoms with E-state index >= 15 is 0 Å². The molecule has 0 saturated carbocycles. The van der Waals surface area contributed by atoms with Crippen LogP contribution in [-0.4, -0.2) is 24.2 Å². The third-order valence-electron chi connectivity index (χ3n) is 4.10. The average molecular weight is 400 g/mol. The Morgan fingerprint density at radius 1 is 1.19 bits per heavy atom. The monoisotopic (exact) mass is 399 g/mol. The normalized spacial score (nSPS) is 11.5. The maximum atomic E-state index is 8.90. The van der Waals surface area contributed by atoms with Crippen LogP contribution in [0, 0.1) is 11.3 Å². The number of hydrogen-bond acceptors (Lipinski definition) is 4. The van der Waals surface area contributed by atoms with Gasteiger partial charge in [-0.2, -0.15) is 5.26 Å². The first-order valence-corrected chi connectivity index (χ1v) is 12.9. The second-order valence-electron chi connectivity index (χ2n) is 7.55. The standard InChI is InChI=1S/C20H22ClN3O2Si/c1-27(2,3)11-10-25-14-24-9-8-17-18(12-19(21)23-20(17)24)26-16-6-4-15(13-22)5-7-16/h4-9,12H,10-11,14H2,1-3H3. The highest BCUT2D eigenvalue weighted by Crippen LogP contribution is 2.32. The Labute approximate surface area is 165 Å². The fourth-order valence-corrected chi connectivity index (χ4v) is 3.49. The molecule has 0 bridgehead atoms. The summed E-state index contributed by atoms with van der Waals surface area (Å²) >= 11 is 6.21. The van der Waals surface area contributed by atoms with Gasteiger partial charge in [-0.25, -0.2) is 4.98 Å². The molecule has 0 unspecified atom stereocenters. The lowest BCUT2D eigenvalue weighted by atomic mass is 10.2. The zero-order valence-corrected chi connectivity index (χ0v) is 17.5. The van der Waals surface area contributed by atoms with Gasteiger partial charge in [-0.05, 0) is 36.4 Å². The summed E-state index contributed by atoms with van der Waals surface area (Å²) in [5.74, 6) is 1.26. The minimum Gasteiger partial charge on any atom is -0.456 e. The van der Waals surface area contributed by atoms with Crippen molar-refractivity contribution in [3.05, 3.63) is 53.3 Å². The first-order chi connectivity index (χ1) is 12.9. The molecule has 0 aliphatic heterocycles. The molecular weight excluding hydrogens is 378 g/mol. The topological polar surface area (TPSA) is 60.1 Å². The highest BCUT2D eigenvalue weighted by atomic mass is 35.5. The molecule has 1 aromatic carbocycles. The summed E-state index contributed by atoms with van der Waals surface area (Å²) in [4.78, 5) is 4.43. The minimum absolute atomic E-state index is 0.355. The summed E-state index contributed by atoms with van der Waals surface area (Å²) in [6.45, 7) is 8.16. The number of fused-ring (bicyclic) bond motifs is 1. The molecule has 0 amide bonds. The average Bonchev–Trinajstić information content (AvgIpc) is 3.01. The van der Waals surface area contributed by atoms with Crippen molar-refractivity contribution < 1.29 is 9.47 Å². The van der Waals surface area contributed by atoms with Crippen LogP contribution in [-0.2, 0) is 11.5 Å². The van der Waals surface area contributed by atoms with E-state index in [1.165, 1.54) is 0 Å². The van der Waals surface area contributed by atoms with Crippen LogP contribution in [0.2, 0.25) is 30.8 Å². The van der Waals surface area contributed by atoms with Gasteiger partial charge < -0.3 is 14.0 Å². The fourth-order valence-electron chi connectivity index (χ4n) is 2.55. The van der Waals surface area contributed by atoms with Crippen molar-refractivity contribution in [3.63, 3.8) is 0 Å². The highest BCUT2D eigenvalue weighted by molar-refractivity contribution is 6.76. The third-order valence-corrected chi connectivity index (χ3v) is 6.00. The predicted molar refractivity (Wildman–Crippen MR) is 110 cm³/mol. The van der Waals surface area contributed by atoms with E-state index in [0.29, 0.717) is 28.9 Å². The van der Waals surface area contributed by atoms with E-state index in [-0.39, 0.29) is 0 Å². The number of aromatic nitrogens is 2. The second-order valence-corrected chi connectivity index (χ2v) is 13.6. The molecule has 0 aliphatic rings. The summed E-state index contributed by atoms with van der Waals surface area (Å²) in [5.41, 5.74) is 1.31. The second kappa shape index (κ2) is 8.13. The Bertz CT molecular complexity index is 972. The van der Waals surface area contributed by atoms with Gasteiger partial charge in [0.25, 0.3) is 0 Å². The van der Waals surface area contributed by atoms with Crippen LogP contribution in [0.3, 0.4) is 0 Å². The number of nitriles is 1. The molecule has 0 N–H and O–H groups in total. The minimum atomic E-state index is -1.11. The van der Waals surface area contributed by atoms with Gasteiger partial charge in [0.2, 0.25) is 0 Å². The van der Waals surface area contributed by atoms with E-state index in [2.05, 4.69) is 30.7 Å². The summed E-state index contributed by atoms with van der Waals surface area (Å²) < 4.78 is 13.7. The molecule has 5 nitrogen and oxygen atoms in total. The third kappa shape index (κ3) is 5.10. The largest absolute Gasteiger partial charge is 0.456 e. The summed E-state index contributed by atoms with van der Waals surface area (Å²) in [6.07, 6.45) is 1.92. The molecule has 0 atom stereocenters. The lowest BCUT2D eigenvalue weighted by Crippen LogP contribution is -2.22. The van der Waals surface area contributed by atoms with Crippen LogP contribution < -0.4 is 4.74 Å². The van der Waals surface area contributed by atoms with Crippen molar-refractivity contribution in [2.45, 2.75) is 32.4 Å². The van der Waals surface area contributed by atoms with Crippen LogP contribution in [0.15, 0.2) is 42.6 Å². The number of benzene rings is 1. The van der Waals surface area contributed by atoms with E-state index in [4.69, 9.17) is 26.3 Å². The number of nitrogens with zero attached hydrogens (tertiary/aromatic N) is 3. The molecule has 140 valence electrons. The van der Waals surface area contributed by atoms with E-state index in [9.17, 15) is 0 Å². The molecule has 0 fully saturated rings. The maximum absolute atomic E-state index is 8.90. The first kappa shape index (κ1) is 19.4.